The summed E-state index contributed by atoms with van der Waals surface area (Å²) in [5.74, 6) is -1.92. The van der Waals surface area contributed by atoms with Crippen LogP contribution in [0.2, 0.25) is 0 Å². The molecule has 0 aliphatic carbocycles. The molecule has 0 fully saturated rings. The van der Waals surface area contributed by atoms with Crippen molar-refractivity contribution in [1.82, 2.24) is 10.3 Å². The molecular weight excluding hydrogens is 240 g/mol. The molecule has 1 unspecified atom stereocenters. The van der Waals surface area contributed by atoms with Gasteiger partial charge in [-0.05, 0) is 19.1 Å². The summed E-state index contributed by atoms with van der Waals surface area (Å²) in [5, 5.41) is 20.0. The van der Waals surface area contributed by atoms with Crippen molar-refractivity contribution >= 4 is 11.9 Å². The Labute approximate surface area is 102 Å². The molecule has 0 saturated carbocycles. The zero-order valence-corrected chi connectivity index (χ0v) is 9.38. The van der Waals surface area contributed by atoms with E-state index >= 15 is 0 Å². The average Bonchev–Trinajstić information content (AvgIpc) is 2.56. The normalized spacial score (nSPS) is 22.8. The number of rotatable bonds is 2. The third-order valence-electron chi connectivity index (χ3n) is 2.62. The Morgan fingerprint density at radius 3 is 2.61 bits per heavy atom. The lowest BCUT2D eigenvalue weighted by atomic mass is 9.92. The summed E-state index contributed by atoms with van der Waals surface area (Å²) in [6.45, 7) is 1.44. The van der Waals surface area contributed by atoms with Crippen molar-refractivity contribution in [2.75, 3.05) is 0 Å². The molecule has 3 N–H and O–H groups in total. The number of nitrogens with one attached hydrogen (secondary N) is 1. The Morgan fingerprint density at radius 1 is 1.44 bits per heavy atom. The van der Waals surface area contributed by atoms with Crippen molar-refractivity contribution in [2.45, 2.75) is 12.5 Å². The topological polar surface area (TPSA) is 109 Å². The number of hydrogen-bond acceptors (Lipinski definition) is 5. The van der Waals surface area contributed by atoms with Gasteiger partial charge in [0, 0.05) is 18.0 Å². The van der Waals surface area contributed by atoms with E-state index in [4.69, 9.17) is 9.84 Å². The predicted molar refractivity (Wildman–Crippen MR) is 58.5 cm³/mol. The van der Waals surface area contributed by atoms with E-state index < -0.39 is 29.1 Å². The molecule has 7 heteroatoms. The fraction of sp³-hybridized carbons (Fsp3) is 0.182. The minimum Gasteiger partial charge on any atom is -0.501 e. The molecular formula is C11H10N2O5. The van der Waals surface area contributed by atoms with Crippen molar-refractivity contribution < 1.29 is 24.5 Å². The van der Waals surface area contributed by atoms with Crippen LogP contribution in [0.25, 0.3) is 0 Å². The maximum atomic E-state index is 11.9. The Hall–Kier alpha value is -2.57. The number of nitrogens with zero attached hydrogens (tertiary/aromatic N) is 1. The molecule has 2 rings (SSSR count). The van der Waals surface area contributed by atoms with Gasteiger partial charge in [-0.15, -0.1) is 0 Å². The van der Waals surface area contributed by atoms with Gasteiger partial charge in [-0.2, -0.15) is 0 Å². The van der Waals surface area contributed by atoms with Gasteiger partial charge in [-0.3, -0.25) is 15.1 Å². The molecule has 1 atom stereocenters. The Balaban J connectivity index is 2.36. The molecule has 0 aromatic carbocycles. The fourth-order valence-electron chi connectivity index (χ4n) is 1.67. The van der Waals surface area contributed by atoms with Crippen LogP contribution < -0.4 is 5.32 Å². The lowest BCUT2D eigenvalue weighted by Crippen LogP contribution is -2.32. The predicted octanol–water partition coefficient (Wildman–Crippen LogP) is 0.891. The van der Waals surface area contributed by atoms with Crippen molar-refractivity contribution in [3.8, 4) is 0 Å². The number of hydrogen-bond donors (Lipinski definition) is 3. The van der Waals surface area contributed by atoms with E-state index in [9.17, 15) is 14.7 Å². The third kappa shape index (κ3) is 1.75. The van der Waals surface area contributed by atoms with Crippen LogP contribution >= 0.6 is 0 Å². The number of aliphatic hydroxyl groups excluding tert-OH is 1. The third-order valence-corrected chi connectivity index (χ3v) is 2.62. The largest absolute Gasteiger partial charge is 0.501 e. The minimum absolute atomic E-state index is 0.466. The molecule has 0 radical (unpaired) electrons. The van der Waals surface area contributed by atoms with Crippen molar-refractivity contribution in [2.24, 2.45) is 0 Å². The van der Waals surface area contributed by atoms with Gasteiger partial charge in [0.05, 0.1) is 0 Å². The van der Waals surface area contributed by atoms with Crippen molar-refractivity contribution in [3.05, 3.63) is 41.7 Å². The van der Waals surface area contributed by atoms with E-state index in [2.05, 4.69) is 4.98 Å². The smallest absolute Gasteiger partial charge is 0.411 e. The van der Waals surface area contributed by atoms with Gasteiger partial charge in [0.2, 0.25) is 11.6 Å². The SMILES string of the molecule is CC1(c2ccncc2)OC(NC(=O)O)=C(O)C1=O. The number of ketones is 1. The molecule has 1 aromatic rings. The number of Topliss-reactive ketones (excluding diaryl/α,β-unsaturated/α-hetero) is 1. The van der Waals surface area contributed by atoms with E-state index in [1.807, 2.05) is 5.32 Å². The van der Waals surface area contributed by atoms with E-state index in [0.717, 1.165) is 0 Å². The van der Waals surface area contributed by atoms with Crippen LogP contribution in [-0.4, -0.2) is 27.1 Å². The van der Waals surface area contributed by atoms with E-state index in [1.54, 1.807) is 12.1 Å². The summed E-state index contributed by atoms with van der Waals surface area (Å²) in [6.07, 6.45) is 1.51. The van der Waals surface area contributed by atoms with Gasteiger partial charge in [-0.25, -0.2) is 4.79 Å². The summed E-state index contributed by atoms with van der Waals surface area (Å²) >= 11 is 0. The summed E-state index contributed by atoms with van der Waals surface area (Å²) in [4.78, 5) is 26.2. The Morgan fingerprint density at radius 2 is 2.06 bits per heavy atom. The molecule has 0 spiro atoms. The summed E-state index contributed by atoms with van der Waals surface area (Å²) in [5.41, 5.74) is -0.985. The number of aliphatic hydroxyl groups is 1. The second kappa shape index (κ2) is 4.02. The summed E-state index contributed by atoms with van der Waals surface area (Å²) in [7, 11) is 0. The van der Waals surface area contributed by atoms with E-state index in [1.165, 1.54) is 19.3 Å². The first-order chi connectivity index (χ1) is 8.45. The van der Waals surface area contributed by atoms with Gasteiger partial charge in [0.15, 0.2) is 5.60 Å². The summed E-state index contributed by atoms with van der Waals surface area (Å²) < 4.78 is 5.23. The molecule has 1 aromatic heterocycles. The first-order valence-electron chi connectivity index (χ1n) is 5.02. The van der Waals surface area contributed by atoms with Crippen LogP contribution in [0, 0.1) is 0 Å². The highest BCUT2D eigenvalue weighted by Crippen LogP contribution is 2.36. The molecule has 2 heterocycles. The van der Waals surface area contributed by atoms with Gasteiger partial charge < -0.3 is 14.9 Å². The lowest BCUT2D eigenvalue weighted by molar-refractivity contribution is -0.131. The minimum atomic E-state index is -1.45. The zero-order chi connectivity index (χ0) is 13.3. The molecule has 18 heavy (non-hydrogen) atoms. The highest BCUT2D eigenvalue weighted by molar-refractivity contribution is 6.02. The average molecular weight is 250 g/mol. The second-order valence-electron chi connectivity index (χ2n) is 3.81. The standard InChI is InChI=1S/C11H10N2O5/c1-11(6-2-4-12-5-3-6)8(15)7(14)9(18-11)13-10(16)17/h2-5,13-14H,1H3,(H,16,17). The van der Waals surface area contributed by atoms with Crippen LogP contribution in [0.3, 0.4) is 0 Å². The molecule has 1 aliphatic heterocycles. The number of carboxylic acid groups (broad SMARTS) is 1. The fourth-order valence-corrected chi connectivity index (χ4v) is 1.67. The molecule has 1 amide bonds. The number of amides is 1. The Kier molecular flexibility index (Phi) is 2.66. The van der Waals surface area contributed by atoms with Crippen LogP contribution in [0.15, 0.2) is 36.2 Å². The number of ether oxygens (including phenoxy) is 1. The van der Waals surface area contributed by atoms with E-state index in [-0.39, 0.29) is 0 Å². The highest BCUT2D eigenvalue weighted by atomic mass is 16.5. The first kappa shape index (κ1) is 11.9. The number of carbonyl (C=O) groups excluding carboxylic acids is 1. The molecule has 0 bridgehead atoms. The van der Waals surface area contributed by atoms with Crippen molar-refractivity contribution in [3.63, 3.8) is 0 Å². The molecule has 0 saturated heterocycles. The van der Waals surface area contributed by atoms with Gasteiger partial charge >= 0.3 is 6.09 Å². The van der Waals surface area contributed by atoms with Gasteiger partial charge in [-0.1, -0.05) is 0 Å². The van der Waals surface area contributed by atoms with Gasteiger partial charge in [0.25, 0.3) is 5.78 Å². The Bertz CT molecular complexity index is 540. The lowest BCUT2D eigenvalue weighted by Gasteiger charge is -2.22. The van der Waals surface area contributed by atoms with Gasteiger partial charge in [0.1, 0.15) is 0 Å². The van der Waals surface area contributed by atoms with Crippen LogP contribution in [-0.2, 0) is 15.1 Å². The molecule has 7 nitrogen and oxygen atoms in total. The van der Waals surface area contributed by atoms with Crippen LogP contribution in [0.1, 0.15) is 12.5 Å². The van der Waals surface area contributed by atoms with Crippen LogP contribution in [0.4, 0.5) is 4.79 Å². The van der Waals surface area contributed by atoms with E-state index in [0.29, 0.717) is 5.56 Å². The second-order valence-corrected chi connectivity index (χ2v) is 3.81. The maximum Gasteiger partial charge on any atom is 0.411 e. The maximum absolute atomic E-state index is 11.9. The number of aromatic nitrogens is 1. The molecule has 1 aliphatic rings. The van der Waals surface area contributed by atoms with Crippen LogP contribution in [0.5, 0.6) is 0 Å². The van der Waals surface area contributed by atoms with Crippen molar-refractivity contribution in [1.29, 1.82) is 0 Å². The zero-order valence-electron chi connectivity index (χ0n) is 9.38. The number of pyridine rings is 1. The molecule has 94 valence electrons. The summed E-state index contributed by atoms with van der Waals surface area (Å²) in [6, 6.07) is 3.10. The number of carbonyl (C=O) groups is 2. The monoisotopic (exact) mass is 250 g/mol. The highest BCUT2D eigenvalue weighted by Gasteiger charge is 2.48. The first-order valence-corrected chi connectivity index (χ1v) is 5.02. The quantitative estimate of drug-likeness (QED) is 0.719.